The summed E-state index contributed by atoms with van der Waals surface area (Å²) in [6, 6.07) is 5.63. The Balaban J connectivity index is 2.85. The predicted molar refractivity (Wildman–Crippen MR) is 60.8 cm³/mol. The van der Waals surface area contributed by atoms with Crippen molar-refractivity contribution in [2.24, 2.45) is 12.8 Å². The molecular formula is C10H10Cl2N2. The van der Waals surface area contributed by atoms with Gasteiger partial charge in [0.2, 0.25) is 0 Å². The van der Waals surface area contributed by atoms with Crippen molar-refractivity contribution in [1.29, 1.82) is 0 Å². The molecule has 0 bridgehead atoms. The summed E-state index contributed by atoms with van der Waals surface area (Å²) in [7, 11) is 1.96. The van der Waals surface area contributed by atoms with Crippen LogP contribution in [0.1, 0.15) is 5.69 Å². The summed E-state index contributed by atoms with van der Waals surface area (Å²) in [6.45, 7) is 0.499. The van der Waals surface area contributed by atoms with Crippen LogP contribution in [0.25, 0.3) is 10.9 Å². The second-order valence-electron chi connectivity index (χ2n) is 3.22. The molecule has 0 aliphatic carbocycles. The molecule has 1 aromatic heterocycles. The molecule has 0 amide bonds. The Morgan fingerprint density at radius 3 is 2.64 bits per heavy atom. The van der Waals surface area contributed by atoms with Gasteiger partial charge in [0.1, 0.15) is 0 Å². The number of rotatable bonds is 1. The zero-order chi connectivity index (χ0) is 10.3. The summed E-state index contributed by atoms with van der Waals surface area (Å²) in [5.74, 6) is 0. The third kappa shape index (κ3) is 1.40. The first-order valence-electron chi connectivity index (χ1n) is 4.27. The number of fused-ring (bicyclic) bond motifs is 1. The highest BCUT2D eigenvalue weighted by Crippen LogP contribution is 2.29. The maximum atomic E-state index is 6.07. The molecule has 0 saturated carbocycles. The topological polar surface area (TPSA) is 30.9 Å². The molecule has 2 nitrogen and oxygen atoms in total. The number of aryl methyl sites for hydroxylation is 1. The van der Waals surface area contributed by atoms with Crippen LogP contribution in [-0.2, 0) is 13.6 Å². The minimum Gasteiger partial charge on any atom is -0.346 e. The van der Waals surface area contributed by atoms with Crippen LogP contribution in [0.3, 0.4) is 0 Å². The van der Waals surface area contributed by atoms with E-state index in [1.807, 2.05) is 23.7 Å². The highest BCUT2D eigenvalue weighted by molar-refractivity contribution is 6.38. The van der Waals surface area contributed by atoms with E-state index in [-0.39, 0.29) is 0 Å². The molecule has 14 heavy (non-hydrogen) atoms. The van der Waals surface area contributed by atoms with E-state index in [0.29, 0.717) is 16.6 Å². The van der Waals surface area contributed by atoms with Gasteiger partial charge in [0.15, 0.2) is 0 Å². The molecule has 0 aliphatic heterocycles. The van der Waals surface area contributed by atoms with Gasteiger partial charge in [-0.05, 0) is 18.2 Å². The predicted octanol–water partition coefficient (Wildman–Crippen LogP) is 2.94. The van der Waals surface area contributed by atoms with E-state index in [0.717, 1.165) is 16.6 Å². The Hall–Kier alpha value is -0.700. The van der Waals surface area contributed by atoms with Crippen molar-refractivity contribution in [3.63, 3.8) is 0 Å². The molecule has 74 valence electrons. The molecule has 0 aliphatic rings. The Bertz CT molecular complexity index is 488. The summed E-state index contributed by atoms with van der Waals surface area (Å²) >= 11 is 12.0. The van der Waals surface area contributed by atoms with Crippen LogP contribution >= 0.6 is 23.2 Å². The number of benzene rings is 1. The Kier molecular flexibility index (Phi) is 2.43. The highest BCUT2D eigenvalue weighted by Gasteiger charge is 2.08. The molecule has 0 saturated heterocycles. The van der Waals surface area contributed by atoms with Crippen molar-refractivity contribution in [3.05, 3.63) is 33.9 Å². The van der Waals surface area contributed by atoms with Crippen molar-refractivity contribution in [2.75, 3.05) is 0 Å². The summed E-state index contributed by atoms with van der Waals surface area (Å²) < 4.78 is 2.01. The van der Waals surface area contributed by atoms with Crippen molar-refractivity contribution in [2.45, 2.75) is 6.54 Å². The fourth-order valence-electron chi connectivity index (χ4n) is 1.61. The zero-order valence-electron chi connectivity index (χ0n) is 7.72. The third-order valence-corrected chi connectivity index (χ3v) is 2.92. The van der Waals surface area contributed by atoms with Crippen molar-refractivity contribution in [1.82, 2.24) is 4.57 Å². The van der Waals surface area contributed by atoms with Crippen LogP contribution in [-0.4, -0.2) is 4.57 Å². The van der Waals surface area contributed by atoms with E-state index in [1.54, 1.807) is 6.07 Å². The molecule has 0 unspecified atom stereocenters. The van der Waals surface area contributed by atoms with E-state index in [4.69, 9.17) is 28.9 Å². The molecule has 0 radical (unpaired) electrons. The van der Waals surface area contributed by atoms with Gasteiger partial charge in [-0.1, -0.05) is 23.2 Å². The number of aromatic nitrogens is 1. The lowest BCUT2D eigenvalue weighted by Crippen LogP contribution is -2.02. The first-order chi connectivity index (χ1) is 6.63. The molecule has 2 aromatic rings. The van der Waals surface area contributed by atoms with Crippen LogP contribution < -0.4 is 5.73 Å². The van der Waals surface area contributed by atoms with Gasteiger partial charge in [0.25, 0.3) is 0 Å². The normalized spacial score (nSPS) is 11.1. The molecule has 1 aromatic carbocycles. The second-order valence-corrected chi connectivity index (χ2v) is 4.06. The number of halogens is 2. The third-order valence-electron chi connectivity index (χ3n) is 2.38. The van der Waals surface area contributed by atoms with E-state index in [9.17, 15) is 0 Å². The minimum atomic E-state index is 0.499. The van der Waals surface area contributed by atoms with Gasteiger partial charge in [-0.15, -0.1) is 0 Å². The maximum absolute atomic E-state index is 6.07. The monoisotopic (exact) mass is 228 g/mol. The van der Waals surface area contributed by atoms with Crippen LogP contribution in [0, 0.1) is 0 Å². The number of hydrogen-bond acceptors (Lipinski definition) is 1. The van der Waals surface area contributed by atoms with Gasteiger partial charge in [-0.25, -0.2) is 0 Å². The van der Waals surface area contributed by atoms with Gasteiger partial charge >= 0.3 is 0 Å². The minimum absolute atomic E-state index is 0.499. The number of hydrogen-bond donors (Lipinski definition) is 1. The molecule has 1 heterocycles. The average Bonchev–Trinajstić information content (AvgIpc) is 2.44. The van der Waals surface area contributed by atoms with E-state index >= 15 is 0 Å². The molecule has 2 N–H and O–H groups in total. The van der Waals surface area contributed by atoms with Crippen LogP contribution in [0.5, 0.6) is 0 Å². The van der Waals surface area contributed by atoms with Crippen molar-refractivity contribution < 1.29 is 0 Å². The van der Waals surface area contributed by atoms with Gasteiger partial charge in [-0.3, -0.25) is 0 Å². The Labute approximate surface area is 92.2 Å². The van der Waals surface area contributed by atoms with E-state index < -0.39 is 0 Å². The average molecular weight is 229 g/mol. The molecule has 0 spiro atoms. The zero-order valence-corrected chi connectivity index (χ0v) is 9.23. The van der Waals surface area contributed by atoms with Crippen molar-refractivity contribution >= 4 is 34.1 Å². The van der Waals surface area contributed by atoms with E-state index in [2.05, 4.69) is 0 Å². The molecule has 0 atom stereocenters. The maximum Gasteiger partial charge on any atom is 0.0514 e. The smallest absolute Gasteiger partial charge is 0.0514 e. The van der Waals surface area contributed by atoms with Crippen LogP contribution in [0.2, 0.25) is 10.0 Å². The Morgan fingerprint density at radius 1 is 1.29 bits per heavy atom. The number of nitrogens with two attached hydrogens (primary N) is 1. The Morgan fingerprint density at radius 2 is 2.00 bits per heavy atom. The van der Waals surface area contributed by atoms with Crippen LogP contribution in [0.15, 0.2) is 18.2 Å². The quantitative estimate of drug-likeness (QED) is 0.800. The fourth-order valence-corrected chi connectivity index (χ4v) is 2.14. The summed E-state index contributed by atoms with van der Waals surface area (Å²) in [5.41, 5.74) is 7.67. The summed E-state index contributed by atoms with van der Waals surface area (Å²) in [5, 5.41) is 2.31. The lowest BCUT2D eigenvalue weighted by molar-refractivity contribution is 0.849. The lowest BCUT2D eigenvalue weighted by atomic mass is 10.2. The largest absolute Gasteiger partial charge is 0.346 e. The van der Waals surface area contributed by atoms with Gasteiger partial charge in [0.05, 0.1) is 10.5 Å². The summed E-state index contributed by atoms with van der Waals surface area (Å²) in [4.78, 5) is 0. The lowest BCUT2D eigenvalue weighted by Gasteiger charge is -2.01. The van der Waals surface area contributed by atoms with Gasteiger partial charge < -0.3 is 10.3 Å². The number of nitrogens with zero attached hydrogens (tertiary/aromatic N) is 1. The van der Waals surface area contributed by atoms with Crippen LogP contribution in [0.4, 0.5) is 0 Å². The molecule has 4 heteroatoms. The SMILES string of the molecule is Cn1c(CN)cc2c(Cl)cc(Cl)cc21. The second kappa shape index (κ2) is 3.46. The highest BCUT2D eigenvalue weighted by atomic mass is 35.5. The fraction of sp³-hybridized carbons (Fsp3) is 0.200. The van der Waals surface area contributed by atoms with E-state index in [1.165, 1.54) is 0 Å². The van der Waals surface area contributed by atoms with Crippen molar-refractivity contribution in [3.8, 4) is 0 Å². The van der Waals surface area contributed by atoms with Gasteiger partial charge in [-0.2, -0.15) is 0 Å². The standard InChI is InChI=1S/C10H10Cl2N2/c1-14-7(5-13)4-8-9(12)2-6(11)3-10(8)14/h2-4H,5,13H2,1H3. The first kappa shape index (κ1) is 9.84. The summed E-state index contributed by atoms with van der Waals surface area (Å²) in [6.07, 6.45) is 0. The molecule has 2 rings (SSSR count). The molecule has 0 fully saturated rings. The van der Waals surface area contributed by atoms with Gasteiger partial charge in [0, 0.05) is 29.7 Å². The molecular weight excluding hydrogens is 219 g/mol. The first-order valence-corrected chi connectivity index (χ1v) is 5.02.